The summed E-state index contributed by atoms with van der Waals surface area (Å²) in [5, 5.41) is 10.5. The molecule has 0 aliphatic carbocycles. The van der Waals surface area contributed by atoms with E-state index in [0.29, 0.717) is 27.4 Å². The van der Waals surface area contributed by atoms with E-state index in [0.717, 1.165) is 5.56 Å². The summed E-state index contributed by atoms with van der Waals surface area (Å²) in [6, 6.07) is 14.1. The Hall–Kier alpha value is -3.64. The first-order valence-electron chi connectivity index (χ1n) is 9.25. The molecule has 5 rings (SSSR count). The second-order valence-corrected chi connectivity index (χ2v) is 7.61. The molecule has 0 saturated carbocycles. The Labute approximate surface area is 176 Å². The van der Waals surface area contributed by atoms with Crippen molar-refractivity contribution in [2.24, 2.45) is 0 Å². The van der Waals surface area contributed by atoms with Crippen molar-refractivity contribution < 1.29 is 14.3 Å². The number of aromatic nitrogens is 1. The lowest BCUT2D eigenvalue weighted by Gasteiger charge is -2.24. The lowest BCUT2D eigenvalue weighted by atomic mass is 9.98. The normalized spacial score (nSPS) is 15.6. The number of nitrogens with zero attached hydrogens (tertiary/aromatic N) is 2. The maximum atomic E-state index is 13.5. The molecule has 148 valence electrons. The van der Waals surface area contributed by atoms with Gasteiger partial charge in [0, 0.05) is 6.20 Å². The van der Waals surface area contributed by atoms with E-state index in [1.54, 1.807) is 36.4 Å². The highest BCUT2D eigenvalue weighted by molar-refractivity contribution is 6.30. The number of carbonyl (C=O) groups is 1. The van der Waals surface area contributed by atoms with Crippen molar-refractivity contribution in [2.45, 2.75) is 13.0 Å². The van der Waals surface area contributed by atoms with Crippen LogP contribution < -0.4 is 10.3 Å². The molecule has 0 bridgehead atoms. The second kappa shape index (κ2) is 6.71. The van der Waals surface area contributed by atoms with Crippen molar-refractivity contribution in [2.75, 3.05) is 4.90 Å². The van der Waals surface area contributed by atoms with Gasteiger partial charge in [0.25, 0.3) is 5.91 Å². The van der Waals surface area contributed by atoms with Crippen LogP contribution in [0.4, 0.5) is 5.82 Å². The number of hydrogen-bond acceptors (Lipinski definition) is 5. The SMILES string of the molecule is Cc1ccc2oc3c(c(=O)c2c1)C(c1ccc(O)cc1)N(c1ccc(Cl)cn1)C3=O. The van der Waals surface area contributed by atoms with Gasteiger partial charge in [-0.05, 0) is 48.9 Å². The van der Waals surface area contributed by atoms with Crippen molar-refractivity contribution in [1.82, 2.24) is 4.98 Å². The quantitative estimate of drug-likeness (QED) is 0.514. The summed E-state index contributed by atoms with van der Waals surface area (Å²) in [5.41, 5.74) is 1.90. The zero-order valence-electron chi connectivity index (χ0n) is 15.8. The van der Waals surface area contributed by atoms with Gasteiger partial charge in [0.1, 0.15) is 17.2 Å². The number of hydrogen-bond donors (Lipinski definition) is 1. The summed E-state index contributed by atoms with van der Waals surface area (Å²) in [6.45, 7) is 1.89. The lowest BCUT2D eigenvalue weighted by Crippen LogP contribution is -2.30. The zero-order chi connectivity index (χ0) is 21.0. The van der Waals surface area contributed by atoms with Crippen LogP contribution in [0.2, 0.25) is 5.02 Å². The van der Waals surface area contributed by atoms with E-state index in [-0.39, 0.29) is 22.5 Å². The maximum absolute atomic E-state index is 13.5. The Kier molecular flexibility index (Phi) is 4.11. The molecule has 1 aliphatic rings. The summed E-state index contributed by atoms with van der Waals surface area (Å²) in [7, 11) is 0. The molecule has 1 amide bonds. The number of phenolic OH excluding ortho intramolecular Hbond substituents is 1. The number of aromatic hydroxyl groups is 1. The van der Waals surface area contributed by atoms with Gasteiger partial charge in [-0.2, -0.15) is 0 Å². The molecule has 7 heteroatoms. The van der Waals surface area contributed by atoms with Crippen LogP contribution in [0.3, 0.4) is 0 Å². The molecule has 1 N–H and O–H groups in total. The van der Waals surface area contributed by atoms with E-state index in [2.05, 4.69) is 4.98 Å². The number of carbonyl (C=O) groups excluding carboxylic acids is 1. The molecule has 0 radical (unpaired) electrons. The van der Waals surface area contributed by atoms with Crippen LogP contribution in [0.25, 0.3) is 11.0 Å². The number of phenols is 1. The predicted molar refractivity (Wildman–Crippen MR) is 113 cm³/mol. The molecule has 1 unspecified atom stereocenters. The van der Waals surface area contributed by atoms with Gasteiger partial charge >= 0.3 is 0 Å². The highest BCUT2D eigenvalue weighted by Crippen LogP contribution is 2.41. The average Bonchev–Trinajstić information content (AvgIpc) is 3.03. The van der Waals surface area contributed by atoms with Gasteiger partial charge in [-0.15, -0.1) is 0 Å². The number of fused-ring (bicyclic) bond motifs is 2. The van der Waals surface area contributed by atoms with Crippen molar-refractivity contribution in [3.8, 4) is 5.75 Å². The molecule has 4 aromatic rings. The topological polar surface area (TPSA) is 83.6 Å². The third-order valence-corrected chi connectivity index (χ3v) is 5.42. The smallest absolute Gasteiger partial charge is 0.296 e. The fraction of sp³-hybridized carbons (Fsp3) is 0.0870. The monoisotopic (exact) mass is 418 g/mol. The van der Waals surface area contributed by atoms with Crippen molar-refractivity contribution in [3.05, 3.63) is 98.5 Å². The van der Waals surface area contributed by atoms with Crippen molar-refractivity contribution >= 4 is 34.3 Å². The Bertz CT molecular complexity index is 1360. The summed E-state index contributed by atoms with van der Waals surface area (Å²) >= 11 is 5.96. The van der Waals surface area contributed by atoms with Crippen molar-refractivity contribution in [3.63, 3.8) is 0 Å². The molecule has 0 fully saturated rings. The fourth-order valence-electron chi connectivity index (χ4n) is 3.81. The summed E-state index contributed by atoms with van der Waals surface area (Å²) in [6.07, 6.45) is 1.44. The first-order chi connectivity index (χ1) is 14.4. The van der Waals surface area contributed by atoms with Gasteiger partial charge in [0.15, 0.2) is 5.43 Å². The summed E-state index contributed by atoms with van der Waals surface area (Å²) in [5.74, 6) is -0.0437. The molecular weight excluding hydrogens is 404 g/mol. The van der Waals surface area contributed by atoms with Crippen molar-refractivity contribution in [1.29, 1.82) is 0 Å². The van der Waals surface area contributed by atoms with E-state index >= 15 is 0 Å². The van der Waals surface area contributed by atoms with Gasteiger partial charge in [0.2, 0.25) is 5.76 Å². The van der Waals surface area contributed by atoms with Crippen LogP contribution in [0.15, 0.2) is 70.0 Å². The standard InChI is InChI=1S/C23H15ClN2O4/c1-12-2-8-17-16(10-12)21(28)19-20(13-3-6-15(27)7-4-13)26(23(29)22(19)30-17)18-9-5-14(24)11-25-18/h2-11,20,27H,1H3. The van der Waals surface area contributed by atoms with Gasteiger partial charge in [-0.3, -0.25) is 14.5 Å². The number of pyridine rings is 1. The van der Waals surface area contributed by atoms with E-state index in [9.17, 15) is 14.7 Å². The van der Waals surface area contributed by atoms with E-state index in [4.69, 9.17) is 16.0 Å². The highest BCUT2D eigenvalue weighted by Gasteiger charge is 2.44. The molecule has 0 saturated heterocycles. The van der Waals surface area contributed by atoms with Crippen LogP contribution >= 0.6 is 11.6 Å². The van der Waals surface area contributed by atoms with Gasteiger partial charge < -0.3 is 9.52 Å². The Balaban J connectivity index is 1.81. The lowest BCUT2D eigenvalue weighted by molar-refractivity contribution is 0.0970. The van der Waals surface area contributed by atoms with Gasteiger partial charge in [-0.25, -0.2) is 4.98 Å². The Morgan fingerprint density at radius 3 is 2.53 bits per heavy atom. The molecular formula is C23H15ClN2O4. The summed E-state index contributed by atoms with van der Waals surface area (Å²) in [4.78, 5) is 32.5. The Morgan fingerprint density at radius 2 is 1.83 bits per heavy atom. The number of amides is 1. The minimum absolute atomic E-state index is 0.00817. The third kappa shape index (κ3) is 2.76. The number of rotatable bonds is 2. The van der Waals surface area contributed by atoms with E-state index in [1.807, 2.05) is 13.0 Å². The van der Waals surface area contributed by atoms with Crippen LogP contribution in [-0.2, 0) is 0 Å². The number of aryl methyl sites for hydroxylation is 1. The molecule has 0 spiro atoms. The van der Waals surface area contributed by atoms with E-state index < -0.39 is 11.9 Å². The average molecular weight is 419 g/mol. The van der Waals surface area contributed by atoms with Crippen LogP contribution in [0.5, 0.6) is 5.75 Å². The number of anilines is 1. The first kappa shape index (κ1) is 18.4. The zero-order valence-corrected chi connectivity index (χ0v) is 16.6. The minimum atomic E-state index is -0.747. The fourth-order valence-corrected chi connectivity index (χ4v) is 3.92. The van der Waals surface area contributed by atoms with Crippen LogP contribution in [0.1, 0.15) is 33.3 Å². The Morgan fingerprint density at radius 1 is 1.07 bits per heavy atom. The third-order valence-electron chi connectivity index (χ3n) is 5.19. The molecule has 6 nitrogen and oxygen atoms in total. The summed E-state index contributed by atoms with van der Waals surface area (Å²) < 4.78 is 5.91. The molecule has 1 atom stereocenters. The van der Waals surface area contributed by atoms with Gasteiger partial charge in [-0.1, -0.05) is 35.4 Å². The maximum Gasteiger partial charge on any atom is 0.296 e. The molecule has 1 aliphatic heterocycles. The second-order valence-electron chi connectivity index (χ2n) is 7.18. The highest BCUT2D eigenvalue weighted by atomic mass is 35.5. The predicted octanol–water partition coefficient (Wildman–Crippen LogP) is 4.61. The first-order valence-corrected chi connectivity index (χ1v) is 9.63. The largest absolute Gasteiger partial charge is 0.508 e. The minimum Gasteiger partial charge on any atom is -0.508 e. The molecule has 30 heavy (non-hydrogen) atoms. The van der Waals surface area contributed by atoms with E-state index in [1.165, 1.54) is 23.2 Å². The number of halogens is 1. The molecule has 2 aromatic heterocycles. The van der Waals surface area contributed by atoms with Crippen LogP contribution in [-0.4, -0.2) is 16.0 Å². The molecule has 3 heterocycles. The molecule has 2 aromatic carbocycles. The number of benzene rings is 2. The van der Waals surface area contributed by atoms with Crippen LogP contribution in [0, 0.1) is 6.92 Å². The van der Waals surface area contributed by atoms with Gasteiger partial charge in [0.05, 0.1) is 22.0 Å².